The minimum Gasteiger partial charge on any atom is -0.388 e. The maximum Gasteiger partial charge on any atom is 0.177 e. The lowest BCUT2D eigenvalue weighted by atomic mass is 9.95. The van der Waals surface area contributed by atoms with Crippen molar-refractivity contribution in [3.8, 4) is 0 Å². The van der Waals surface area contributed by atoms with Crippen molar-refractivity contribution in [2.75, 3.05) is 24.2 Å². The summed E-state index contributed by atoms with van der Waals surface area (Å²) in [5.74, 6) is 0. The van der Waals surface area contributed by atoms with E-state index in [2.05, 4.69) is 0 Å². The molecule has 1 heterocycles. The monoisotopic (exact) mass is 269 g/mol. The molecule has 0 bridgehead atoms. The largest absolute Gasteiger partial charge is 0.388 e. The van der Waals surface area contributed by atoms with Crippen LogP contribution >= 0.6 is 0 Å². The first-order valence-corrected chi connectivity index (χ1v) is 7.95. The van der Waals surface area contributed by atoms with Gasteiger partial charge in [-0.1, -0.05) is 12.1 Å². The number of sulfone groups is 1. The second-order valence-corrected chi connectivity index (χ2v) is 7.25. The summed E-state index contributed by atoms with van der Waals surface area (Å²) < 4.78 is 23.5. The summed E-state index contributed by atoms with van der Waals surface area (Å²) in [6.07, 6.45) is 2.84. The fraction of sp³-hybridized carbons (Fsp3) is 0.538. The molecule has 1 fully saturated rings. The van der Waals surface area contributed by atoms with Gasteiger partial charge in [0.1, 0.15) is 0 Å². The summed E-state index contributed by atoms with van der Waals surface area (Å²) in [7, 11) is -3.24. The van der Waals surface area contributed by atoms with Gasteiger partial charge in [0, 0.05) is 19.3 Å². The van der Waals surface area contributed by atoms with Gasteiger partial charge in [0.05, 0.1) is 16.2 Å². The fourth-order valence-corrected chi connectivity index (χ4v) is 3.36. The van der Waals surface area contributed by atoms with E-state index in [1.807, 2.05) is 11.0 Å². The third kappa shape index (κ3) is 2.84. The van der Waals surface area contributed by atoms with E-state index < -0.39 is 15.4 Å². The van der Waals surface area contributed by atoms with Crippen molar-refractivity contribution in [2.24, 2.45) is 0 Å². The Labute approximate surface area is 108 Å². The summed E-state index contributed by atoms with van der Waals surface area (Å²) >= 11 is 0. The van der Waals surface area contributed by atoms with Crippen LogP contribution < -0.4 is 4.90 Å². The Morgan fingerprint density at radius 1 is 1.33 bits per heavy atom. The first-order chi connectivity index (χ1) is 8.30. The van der Waals surface area contributed by atoms with Gasteiger partial charge in [-0.15, -0.1) is 0 Å². The third-order valence-electron chi connectivity index (χ3n) is 3.28. The lowest BCUT2D eigenvalue weighted by Gasteiger charge is -2.38. The van der Waals surface area contributed by atoms with Crippen molar-refractivity contribution in [3.05, 3.63) is 24.3 Å². The molecule has 4 nitrogen and oxygen atoms in total. The van der Waals surface area contributed by atoms with Gasteiger partial charge in [0.25, 0.3) is 0 Å². The van der Waals surface area contributed by atoms with Crippen LogP contribution in [0.2, 0.25) is 0 Å². The predicted octanol–water partition coefficient (Wildman–Crippen LogP) is 1.44. The summed E-state index contributed by atoms with van der Waals surface area (Å²) in [4.78, 5) is 2.29. The van der Waals surface area contributed by atoms with E-state index in [4.69, 9.17) is 0 Å². The minimum absolute atomic E-state index is 0.336. The zero-order chi connectivity index (χ0) is 13.4. The van der Waals surface area contributed by atoms with Crippen molar-refractivity contribution in [2.45, 2.75) is 30.3 Å². The number of hydrogen-bond acceptors (Lipinski definition) is 4. The summed E-state index contributed by atoms with van der Waals surface area (Å²) in [6.45, 7) is 3.05. The lowest BCUT2D eigenvalue weighted by molar-refractivity contribution is 0.0448. The van der Waals surface area contributed by atoms with Gasteiger partial charge in [-0.05, 0) is 31.9 Å². The smallest absolute Gasteiger partial charge is 0.177 e. The van der Waals surface area contributed by atoms with Crippen molar-refractivity contribution < 1.29 is 13.5 Å². The van der Waals surface area contributed by atoms with Gasteiger partial charge in [-0.2, -0.15) is 0 Å². The molecule has 5 heteroatoms. The number of β-amino-alcohol motifs (C(OH)–C–C–N with tert-alkyl or cyclic N) is 1. The molecule has 1 aromatic rings. The molecule has 18 heavy (non-hydrogen) atoms. The van der Waals surface area contributed by atoms with E-state index in [1.165, 1.54) is 6.26 Å². The van der Waals surface area contributed by atoms with E-state index in [0.29, 0.717) is 17.1 Å². The number of aliphatic hydroxyl groups is 1. The van der Waals surface area contributed by atoms with E-state index >= 15 is 0 Å². The lowest BCUT2D eigenvalue weighted by Crippen LogP contribution is -2.46. The zero-order valence-electron chi connectivity index (χ0n) is 10.8. The number of piperidine rings is 1. The standard InChI is InChI=1S/C13H19NO3S/c1-13(15)8-5-9-14(10-13)11-6-3-4-7-12(11)18(2,16)17/h3-4,6-7,15H,5,8-10H2,1-2H3. The first-order valence-electron chi connectivity index (χ1n) is 6.06. The molecule has 1 N–H and O–H groups in total. The summed E-state index contributed by atoms with van der Waals surface area (Å²) in [5, 5.41) is 10.1. The van der Waals surface area contributed by atoms with Gasteiger partial charge in [0.15, 0.2) is 9.84 Å². The molecule has 0 amide bonds. The molecule has 0 spiro atoms. The van der Waals surface area contributed by atoms with Crippen molar-refractivity contribution in [3.63, 3.8) is 0 Å². The molecule has 0 saturated carbocycles. The van der Waals surface area contributed by atoms with Gasteiger partial charge in [-0.3, -0.25) is 0 Å². The Morgan fingerprint density at radius 3 is 2.61 bits per heavy atom. The first kappa shape index (κ1) is 13.4. The molecule has 100 valence electrons. The fourth-order valence-electron chi connectivity index (χ4n) is 2.46. The van der Waals surface area contributed by atoms with Crippen LogP contribution in [-0.4, -0.2) is 38.5 Å². The Bertz CT molecular complexity index is 537. The molecule has 1 atom stereocenters. The van der Waals surface area contributed by atoms with E-state index in [-0.39, 0.29) is 0 Å². The van der Waals surface area contributed by atoms with Gasteiger partial charge >= 0.3 is 0 Å². The SMILES string of the molecule is CC1(O)CCCN(c2ccccc2S(C)(=O)=O)C1. The number of anilines is 1. The number of rotatable bonds is 2. The van der Waals surface area contributed by atoms with Crippen LogP contribution in [0, 0.1) is 0 Å². The van der Waals surface area contributed by atoms with Crippen LogP contribution in [0.3, 0.4) is 0 Å². The van der Waals surface area contributed by atoms with Crippen LogP contribution in [-0.2, 0) is 9.84 Å². The quantitative estimate of drug-likeness (QED) is 0.882. The number of para-hydroxylation sites is 1. The Balaban J connectivity index is 2.40. The van der Waals surface area contributed by atoms with E-state index in [0.717, 1.165) is 19.4 Å². The van der Waals surface area contributed by atoms with Gasteiger partial charge < -0.3 is 10.0 Å². The zero-order valence-corrected chi connectivity index (χ0v) is 11.6. The molecule has 0 radical (unpaired) electrons. The molecule has 1 saturated heterocycles. The summed E-state index contributed by atoms with van der Waals surface area (Å²) in [6, 6.07) is 6.97. The van der Waals surface area contributed by atoms with Gasteiger partial charge in [-0.25, -0.2) is 8.42 Å². The topological polar surface area (TPSA) is 57.6 Å². The van der Waals surface area contributed by atoms with Crippen molar-refractivity contribution in [1.29, 1.82) is 0 Å². The van der Waals surface area contributed by atoms with Crippen LogP contribution in [0.5, 0.6) is 0 Å². The molecular weight excluding hydrogens is 250 g/mol. The molecule has 0 aromatic heterocycles. The number of nitrogens with zero attached hydrogens (tertiary/aromatic N) is 1. The highest BCUT2D eigenvalue weighted by atomic mass is 32.2. The molecule has 1 aliphatic heterocycles. The molecule has 0 aliphatic carbocycles. The Morgan fingerprint density at radius 2 is 2.00 bits per heavy atom. The normalized spacial score (nSPS) is 25.2. The van der Waals surface area contributed by atoms with E-state index in [1.54, 1.807) is 25.1 Å². The van der Waals surface area contributed by atoms with Crippen LogP contribution in [0.1, 0.15) is 19.8 Å². The number of hydrogen-bond donors (Lipinski definition) is 1. The molecule has 1 unspecified atom stereocenters. The van der Waals surface area contributed by atoms with Crippen LogP contribution in [0.15, 0.2) is 29.2 Å². The third-order valence-corrected chi connectivity index (χ3v) is 4.42. The number of benzene rings is 1. The highest BCUT2D eigenvalue weighted by Crippen LogP contribution is 2.30. The summed E-state index contributed by atoms with van der Waals surface area (Å²) in [5.41, 5.74) is -0.0527. The Kier molecular flexibility index (Phi) is 3.38. The second kappa shape index (κ2) is 4.55. The maximum absolute atomic E-state index is 11.8. The average Bonchev–Trinajstić information content (AvgIpc) is 2.26. The van der Waals surface area contributed by atoms with Crippen LogP contribution in [0.25, 0.3) is 0 Å². The van der Waals surface area contributed by atoms with Crippen molar-refractivity contribution >= 4 is 15.5 Å². The Hall–Kier alpha value is -1.07. The van der Waals surface area contributed by atoms with Gasteiger partial charge in [0.2, 0.25) is 0 Å². The molecule has 1 aliphatic rings. The molecule has 2 rings (SSSR count). The highest BCUT2D eigenvalue weighted by molar-refractivity contribution is 7.90. The highest BCUT2D eigenvalue weighted by Gasteiger charge is 2.30. The van der Waals surface area contributed by atoms with E-state index in [9.17, 15) is 13.5 Å². The predicted molar refractivity (Wildman–Crippen MR) is 71.6 cm³/mol. The molecule has 1 aromatic carbocycles. The van der Waals surface area contributed by atoms with Crippen LogP contribution in [0.4, 0.5) is 5.69 Å². The minimum atomic E-state index is -3.24. The molecular formula is C13H19NO3S. The average molecular weight is 269 g/mol. The second-order valence-electron chi connectivity index (χ2n) is 5.26. The van der Waals surface area contributed by atoms with Crippen molar-refractivity contribution in [1.82, 2.24) is 0 Å². The maximum atomic E-state index is 11.8.